The molecule has 2 amide bonds. The van der Waals surface area contributed by atoms with Crippen LogP contribution < -0.4 is 5.32 Å². The van der Waals surface area contributed by atoms with Crippen molar-refractivity contribution < 1.29 is 9.59 Å². The summed E-state index contributed by atoms with van der Waals surface area (Å²) < 4.78 is 0. The van der Waals surface area contributed by atoms with Gasteiger partial charge in [0.2, 0.25) is 11.8 Å². The summed E-state index contributed by atoms with van der Waals surface area (Å²) in [5.74, 6) is -0.532. The van der Waals surface area contributed by atoms with E-state index in [9.17, 15) is 9.59 Å². The standard InChI is InChI=1S/C19H18Cl2N2O2/c20-15-9-16(21)11-17(10-15)22-19(25)14-8-18(24)23(12-14)7-6-13-4-2-1-3-5-13/h1-5,9-11,14H,6-8,12H2,(H,22,25). The number of rotatable bonds is 5. The number of anilines is 1. The van der Waals surface area contributed by atoms with Gasteiger partial charge in [-0.25, -0.2) is 0 Å². The first kappa shape index (κ1) is 17.8. The molecular weight excluding hydrogens is 359 g/mol. The molecule has 6 heteroatoms. The lowest BCUT2D eigenvalue weighted by Gasteiger charge is -2.16. The number of likely N-dealkylation sites (tertiary alicyclic amines) is 1. The second kappa shape index (κ2) is 7.89. The van der Waals surface area contributed by atoms with Crippen molar-refractivity contribution in [3.8, 4) is 0 Å². The topological polar surface area (TPSA) is 49.4 Å². The van der Waals surface area contributed by atoms with Gasteiger partial charge in [-0.05, 0) is 30.2 Å². The SMILES string of the molecule is O=C(Nc1cc(Cl)cc(Cl)c1)C1CC(=O)N(CCc2ccccc2)C1. The van der Waals surface area contributed by atoms with Crippen molar-refractivity contribution in [2.24, 2.45) is 5.92 Å². The minimum atomic E-state index is -0.360. The van der Waals surface area contributed by atoms with Crippen molar-refractivity contribution in [3.05, 3.63) is 64.1 Å². The van der Waals surface area contributed by atoms with E-state index < -0.39 is 0 Å². The van der Waals surface area contributed by atoms with Gasteiger partial charge in [0.05, 0.1) is 5.92 Å². The van der Waals surface area contributed by atoms with Gasteiger partial charge < -0.3 is 10.2 Å². The molecule has 1 fully saturated rings. The van der Waals surface area contributed by atoms with E-state index in [4.69, 9.17) is 23.2 Å². The fraction of sp³-hybridized carbons (Fsp3) is 0.263. The van der Waals surface area contributed by atoms with E-state index in [1.165, 1.54) is 5.56 Å². The van der Waals surface area contributed by atoms with E-state index in [1.54, 1.807) is 23.1 Å². The zero-order valence-electron chi connectivity index (χ0n) is 13.5. The largest absolute Gasteiger partial charge is 0.342 e. The first-order chi connectivity index (χ1) is 12.0. The Balaban J connectivity index is 1.57. The minimum absolute atomic E-state index is 0.0141. The molecule has 3 rings (SSSR count). The average Bonchev–Trinajstić information content (AvgIpc) is 2.94. The Morgan fingerprint density at radius 1 is 1.12 bits per heavy atom. The van der Waals surface area contributed by atoms with Crippen molar-refractivity contribution in [2.75, 3.05) is 18.4 Å². The first-order valence-corrected chi connectivity index (χ1v) is 8.85. The summed E-state index contributed by atoms with van der Waals surface area (Å²) >= 11 is 11.9. The molecule has 1 heterocycles. The molecule has 4 nitrogen and oxygen atoms in total. The van der Waals surface area contributed by atoms with Crippen molar-refractivity contribution >= 4 is 40.7 Å². The molecule has 1 unspecified atom stereocenters. The zero-order valence-corrected chi connectivity index (χ0v) is 15.1. The van der Waals surface area contributed by atoms with Crippen LogP contribution in [0.1, 0.15) is 12.0 Å². The fourth-order valence-electron chi connectivity index (χ4n) is 2.94. The summed E-state index contributed by atoms with van der Waals surface area (Å²) in [5, 5.41) is 3.70. The van der Waals surface area contributed by atoms with Crippen LogP contribution in [0.25, 0.3) is 0 Å². The molecule has 130 valence electrons. The second-order valence-electron chi connectivity index (χ2n) is 6.12. The molecule has 1 aliphatic rings. The first-order valence-electron chi connectivity index (χ1n) is 8.10. The van der Waals surface area contributed by atoms with Crippen LogP contribution in [-0.2, 0) is 16.0 Å². The Morgan fingerprint density at radius 2 is 1.80 bits per heavy atom. The number of hydrogen-bond donors (Lipinski definition) is 1. The molecule has 0 bridgehead atoms. The van der Waals surface area contributed by atoms with E-state index in [0.29, 0.717) is 28.8 Å². The monoisotopic (exact) mass is 376 g/mol. The predicted molar refractivity (Wildman–Crippen MR) is 99.9 cm³/mol. The van der Waals surface area contributed by atoms with Gasteiger partial charge in [-0.1, -0.05) is 53.5 Å². The van der Waals surface area contributed by atoms with Gasteiger partial charge in [0.15, 0.2) is 0 Å². The number of nitrogens with one attached hydrogen (secondary N) is 1. The zero-order chi connectivity index (χ0) is 17.8. The third-order valence-electron chi connectivity index (χ3n) is 4.23. The molecule has 1 aliphatic heterocycles. The lowest BCUT2D eigenvalue weighted by molar-refractivity contribution is -0.128. The Labute approximate surface area is 156 Å². The summed E-state index contributed by atoms with van der Waals surface area (Å²) in [7, 11) is 0. The van der Waals surface area contributed by atoms with Crippen LogP contribution in [0.4, 0.5) is 5.69 Å². The fourth-order valence-corrected chi connectivity index (χ4v) is 3.47. The maximum absolute atomic E-state index is 12.4. The summed E-state index contributed by atoms with van der Waals surface area (Å²) in [5.41, 5.74) is 1.72. The number of hydrogen-bond acceptors (Lipinski definition) is 2. The molecule has 1 N–H and O–H groups in total. The highest BCUT2D eigenvalue weighted by molar-refractivity contribution is 6.35. The van der Waals surface area contributed by atoms with Crippen LogP contribution in [0.3, 0.4) is 0 Å². The average molecular weight is 377 g/mol. The van der Waals surface area contributed by atoms with Gasteiger partial charge in [-0.3, -0.25) is 9.59 Å². The Morgan fingerprint density at radius 3 is 2.48 bits per heavy atom. The van der Waals surface area contributed by atoms with Crippen molar-refractivity contribution in [2.45, 2.75) is 12.8 Å². The lowest BCUT2D eigenvalue weighted by atomic mass is 10.1. The van der Waals surface area contributed by atoms with Gasteiger partial charge in [0.1, 0.15) is 0 Å². The number of halogens is 2. The van der Waals surface area contributed by atoms with Crippen LogP contribution in [0, 0.1) is 5.92 Å². The molecule has 25 heavy (non-hydrogen) atoms. The Hall–Kier alpha value is -2.04. The molecule has 1 saturated heterocycles. The predicted octanol–water partition coefficient (Wildman–Crippen LogP) is 4.02. The summed E-state index contributed by atoms with van der Waals surface area (Å²) in [4.78, 5) is 26.4. The van der Waals surface area contributed by atoms with E-state index >= 15 is 0 Å². The van der Waals surface area contributed by atoms with Gasteiger partial charge >= 0.3 is 0 Å². The van der Waals surface area contributed by atoms with Crippen molar-refractivity contribution in [1.82, 2.24) is 4.90 Å². The normalized spacial score (nSPS) is 17.0. The third-order valence-corrected chi connectivity index (χ3v) is 4.67. The van der Waals surface area contributed by atoms with E-state index in [1.807, 2.05) is 30.3 Å². The second-order valence-corrected chi connectivity index (χ2v) is 7.00. The number of carbonyl (C=O) groups excluding carboxylic acids is 2. The summed E-state index contributed by atoms with van der Waals surface area (Å²) in [6.07, 6.45) is 1.01. The molecule has 2 aromatic rings. The van der Waals surface area contributed by atoms with E-state index in [2.05, 4.69) is 5.32 Å². The maximum Gasteiger partial charge on any atom is 0.229 e. The van der Waals surface area contributed by atoms with Crippen LogP contribution in [0.2, 0.25) is 10.0 Å². The number of carbonyl (C=O) groups is 2. The molecule has 0 aromatic heterocycles. The quantitative estimate of drug-likeness (QED) is 0.856. The van der Waals surface area contributed by atoms with Crippen LogP contribution >= 0.6 is 23.2 Å². The smallest absolute Gasteiger partial charge is 0.229 e. The maximum atomic E-state index is 12.4. The molecule has 0 saturated carbocycles. The lowest BCUT2D eigenvalue weighted by Crippen LogP contribution is -2.30. The Kier molecular flexibility index (Phi) is 5.61. The van der Waals surface area contributed by atoms with E-state index in [0.717, 1.165) is 6.42 Å². The summed E-state index contributed by atoms with van der Waals surface area (Å²) in [6.45, 7) is 1.06. The van der Waals surface area contributed by atoms with Gasteiger partial charge in [0, 0.05) is 35.2 Å². The highest BCUT2D eigenvalue weighted by Crippen LogP contribution is 2.25. The third kappa shape index (κ3) is 4.74. The van der Waals surface area contributed by atoms with Crippen LogP contribution in [-0.4, -0.2) is 29.8 Å². The number of nitrogens with zero attached hydrogens (tertiary/aromatic N) is 1. The van der Waals surface area contributed by atoms with Crippen LogP contribution in [0.5, 0.6) is 0 Å². The molecule has 2 aromatic carbocycles. The number of amides is 2. The molecule has 0 aliphatic carbocycles. The Bertz CT molecular complexity index is 760. The van der Waals surface area contributed by atoms with Crippen LogP contribution in [0.15, 0.2) is 48.5 Å². The van der Waals surface area contributed by atoms with Gasteiger partial charge in [-0.15, -0.1) is 0 Å². The number of benzene rings is 2. The van der Waals surface area contributed by atoms with Gasteiger partial charge in [0.25, 0.3) is 0 Å². The highest BCUT2D eigenvalue weighted by Gasteiger charge is 2.34. The molecule has 1 atom stereocenters. The van der Waals surface area contributed by atoms with Gasteiger partial charge in [-0.2, -0.15) is 0 Å². The van der Waals surface area contributed by atoms with E-state index in [-0.39, 0.29) is 24.2 Å². The van der Waals surface area contributed by atoms with Crippen molar-refractivity contribution in [3.63, 3.8) is 0 Å². The summed E-state index contributed by atoms with van der Waals surface area (Å²) in [6, 6.07) is 14.9. The van der Waals surface area contributed by atoms with Crippen molar-refractivity contribution in [1.29, 1.82) is 0 Å². The highest BCUT2D eigenvalue weighted by atomic mass is 35.5. The molecule has 0 spiro atoms. The molecular formula is C19H18Cl2N2O2. The molecule has 0 radical (unpaired) electrons. The minimum Gasteiger partial charge on any atom is -0.342 e.